The quantitative estimate of drug-likeness (QED) is 0.386. The molecule has 0 aromatic carbocycles. The zero-order valence-electron chi connectivity index (χ0n) is 3.81. The summed E-state index contributed by atoms with van der Waals surface area (Å²) in [5.74, 6) is 0. The fourth-order valence-corrected chi connectivity index (χ4v) is 0.849. The molecule has 32 valence electrons. The lowest BCUT2D eigenvalue weighted by atomic mass is 10.1. The van der Waals surface area contributed by atoms with Gasteiger partial charge in [-0.3, -0.25) is 0 Å². The van der Waals surface area contributed by atoms with Gasteiger partial charge in [0, 0.05) is 6.54 Å². The van der Waals surface area contributed by atoms with Gasteiger partial charge in [0.15, 0.2) is 0 Å². The van der Waals surface area contributed by atoms with Gasteiger partial charge >= 0.3 is 0 Å². The number of hydrogen-bond acceptors (Lipinski definition) is 1. The van der Waals surface area contributed by atoms with Crippen molar-refractivity contribution in [3.8, 4) is 0 Å². The summed E-state index contributed by atoms with van der Waals surface area (Å²) >= 11 is 0. The van der Waals surface area contributed by atoms with Crippen LogP contribution in [0.5, 0.6) is 0 Å². The minimum absolute atomic E-state index is 0.542. The van der Waals surface area contributed by atoms with E-state index in [4.69, 9.17) is 0 Å². The van der Waals surface area contributed by atoms with Crippen molar-refractivity contribution in [3.63, 3.8) is 0 Å². The first-order valence-electron chi connectivity index (χ1n) is 2.27. The second-order valence-corrected chi connectivity index (χ2v) is 2.30. The molecule has 2 aliphatic heterocycles. The Morgan fingerprint density at radius 1 is 1.83 bits per heavy atom. The Bertz CT molecular complexity index is 117. The second kappa shape index (κ2) is 0.427. The molecule has 0 bridgehead atoms. The lowest BCUT2D eigenvalue weighted by Gasteiger charge is -2.11. The molecule has 2 rings (SSSR count). The van der Waals surface area contributed by atoms with E-state index in [1.165, 1.54) is 6.54 Å². The van der Waals surface area contributed by atoms with Crippen molar-refractivity contribution < 1.29 is 0 Å². The van der Waals surface area contributed by atoms with Crippen LogP contribution in [0.25, 0.3) is 0 Å². The first-order chi connectivity index (χ1) is 2.81. The van der Waals surface area contributed by atoms with Crippen LogP contribution in [0.1, 0.15) is 6.92 Å². The molecule has 1 saturated heterocycles. The van der Waals surface area contributed by atoms with Crippen molar-refractivity contribution in [2.45, 2.75) is 12.5 Å². The molecule has 0 amide bonds. The van der Waals surface area contributed by atoms with Gasteiger partial charge in [-0.05, 0) is 19.2 Å². The van der Waals surface area contributed by atoms with Crippen molar-refractivity contribution in [2.24, 2.45) is 0 Å². The van der Waals surface area contributed by atoms with Crippen LogP contribution in [0.3, 0.4) is 0 Å². The highest BCUT2D eigenvalue weighted by Crippen LogP contribution is 2.40. The Balaban J connectivity index is 2.42. The van der Waals surface area contributed by atoms with Crippen LogP contribution in [0, 0.1) is 0 Å². The Morgan fingerprint density at radius 2 is 2.50 bits per heavy atom. The highest BCUT2D eigenvalue weighted by atomic mass is 15.4. The van der Waals surface area contributed by atoms with Gasteiger partial charge in [0.1, 0.15) is 0 Å². The van der Waals surface area contributed by atoms with Crippen molar-refractivity contribution in [1.29, 1.82) is 0 Å². The molecule has 6 heavy (non-hydrogen) atoms. The molecular weight excluding hydrogens is 74.1 g/mol. The van der Waals surface area contributed by atoms with Crippen LogP contribution >= 0.6 is 0 Å². The lowest BCUT2D eigenvalue weighted by Crippen LogP contribution is -2.13. The largest absolute Gasteiger partial charge is 0.364 e. The summed E-state index contributed by atoms with van der Waals surface area (Å²) in [7, 11) is 0. The summed E-state index contributed by atoms with van der Waals surface area (Å²) in [4.78, 5) is 2.31. The molecule has 1 unspecified atom stereocenters. The van der Waals surface area contributed by atoms with Gasteiger partial charge in [0.2, 0.25) is 0 Å². The Labute approximate surface area is 37.3 Å². The zero-order chi connectivity index (χ0) is 4.20. The molecule has 0 aliphatic carbocycles. The van der Waals surface area contributed by atoms with E-state index < -0.39 is 0 Å². The summed E-state index contributed by atoms with van der Waals surface area (Å²) in [5.41, 5.74) is 0.542. The van der Waals surface area contributed by atoms with Crippen LogP contribution in [-0.2, 0) is 0 Å². The molecule has 0 saturated carbocycles. The number of hydrogen-bond donors (Lipinski definition) is 0. The number of rotatable bonds is 0. The van der Waals surface area contributed by atoms with E-state index in [9.17, 15) is 0 Å². The van der Waals surface area contributed by atoms with Gasteiger partial charge in [-0.25, -0.2) is 0 Å². The van der Waals surface area contributed by atoms with Crippen LogP contribution < -0.4 is 0 Å². The maximum absolute atomic E-state index is 2.31. The van der Waals surface area contributed by atoms with Crippen LogP contribution in [-0.4, -0.2) is 17.0 Å². The molecule has 0 aromatic rings. The Kier molecular flexibility index (Phi) is 0.190. The van der Waals surface area contributed by atoms with Gasteiger partial charge in [0.25, 0.3) is 0 Å². The minimum atomic E-state index is 0.542. The third-order valence-corrected chi connectivity index (χ3v) is 1.66. The third-order valence-electron chi connectivity index (χ3n) is 1.66. The average molecular weight is 81.1 g/mol. The molecular formula is C5H7N. The van der Waals surface area contributed by atoms with Crippen molar-refractivity contribution >= 4 is 0 Å². The summed E-state index contributed by atoms with van der Waals surface area (Å²) < 4.78 is 0. The summed E-state index contributed by atoms with van der Waals surface area (Å²) in [6.45, 7) is 3.51. The Hall–Kier alpha value is -0.460. The van der Waals surface area contributed by atoms with Gasteiger partial charge in [-0.1, -0.05) is 0 Å². The molecule has 1 fully saturated rings. The maximum Gasteiger partial charge on any atom is 0.0743 e. The predicted octanol–water partition coefficient (Wildman–Crippen LogP) is 0.588. The van der Waals surface area contributed by atoms with E-state index in [0.717, 1.165) is 0 Å². The smallest absolute Gasteiger partial charge is 0.0743 e. The predicted molar refractivity (Wildman–Crippen MR) is 24.3 cm³/mol. The Morgan fingerprint density at radius 3 is 2.50 bits per heavy atom. The maximum atomic E-state index is 2.31. The molecule has 0 spiro atoms. The van der Waals surface area contributed by atoms with E-state index >= 15 is 0 Å². The monoisotopic (exact) mass is 81.1 g/mol. The van der Waals surface area contributed by atoms with Crippen molar-refractivity contribution in [3.05, 3.63) is 12.3 Å². The summed E-state index contributed by atoms with van der Waals surface area (Å²) in [5, 5.41) is 0. The van der Waals surface area contributed by atoms with E-state index in [1.807, 2.05) is 0 Å². The molecule has 2 aliphatic rings. The summed E-state index contributed by atoms with van der Waals surface area (Å²) in [6, 6.07) is 0. The average Bonchev–Trinajstić information content (AvgIpc) is 1.88. The van der Waals surface area contributed by atoms with E-state index in [2.05, 4.69) is 24.1 Å². The van der Waals surface area contributed by atoms with Gasteiger partial charge in [-0.2, -0.15) is 0 Å². The van der Waals surface area contributed by atoms with Gasteiger partial charge in [0.05, 0.1) is 5.54 Å². The van der Waals surface area contributed by atoms with Crippen LogP contribution in [0.2, 0.25) is 0 Å². The van der Waals surface area contributed by atoms with E-state index in [1.54, 1.807) is 0 Å². The number of fused-ring (bicyclic) bond motifs is 1. The minimum Gasteiger partial charge on any atom is -0.364 e. The molecule has 2 heterocycles. The highest BCUT2D eigenvalue weighted by Gasteiger charge is 2.49. The highest BCUT2D eigenvalue weighted by molar-refractivity contribution is 5.30. The fourth-order valence-electron chi connectivity index (χ4n) is 0.849. The molecule has 1 nitrogen and oxygen atoms in total. The van der Waals surface area contributed by atoms with Crippen molar-refractivity contribution in [2.75, 3.05) is 6.54 Å². The van der Waals surface area contributed by atoms with E-state index in [0.29, 0.717) is 5.54 Å². The lowest BCUT2D eigenvalue weighted by molar-refractivity contribution is 0.557. The van der Waals surface area contributed by atoms with Crippen LogP contribution in [0.15, 0.2) is 12.3 Å². The normalized spacial score (nSPS) is 47.8. The van der Waals surface area contributed by atoms with Crippen molar-refractivity contribution in [1.82, 2.24) is 4.90 Å². The first kappa shape index (κ1) is 2.67. The standard InChI is InChI=1S/C5H7N/c1-5-2-3-6(5)4-5/h2-3H,4H2,1H3. The fraction of sp³-hybridized carbons (Fsp3) is 0.600. The van der Waals surface area contributed by atoms with Gasteiger partial charge < -0.3 is 4.90 Å². The third kappa shape index (κ3) is 0.108. The van der Waals surface area contributed by atoms with Crippen LogP contribution in [0.4, 0.5) is 0 Å². The molecule has 0 aromatic heterocycles. The topological polar surface area (TPSA) is 3.01 Å². The van der Waals surface area contributed by atoms with E-state index in [-0.39, 0.29) is 0 Å². The second-order valence-electron chi connectivity index (χ2n) is 2.30. The number of nitrogens with zero attached hydrogens (tertiary/aromatic N) is 1. The zero-order valence-corrected chi connectivity index (χ0v) is 3.81. The first-order valence-corrected chi connectivity index (χ1v) is 2.27. The molecule has 0 N–H and O–H groups in total. The summed E-state index contributed by atoms with van der Waals surface area (Å²) in [6.07, 6.45) is 4.38. The van der Waals surface area contributed by atoms with Gasteiger partial charge in [-0.15, -0.1) is 0 Å². The molecule has 1 heteroatoms. The molecule has 0 radical (unpaired) electrons. The molecule has 1 atom stereocenters. The SMILES string of the molecule is CC12C=CN1C2.